The van der Waals surface area contributed by atoms with E-state index in [0.717, 1.165) is 21.8 Å². The molecule has 0 radical (unpaired) electrons. The number of aryl methyl sites for hydroxylation is 1. The van der Waals surface area contributed by atoms with Crippen molar-refractivity contribution in [2.75, 3.05) is 11.9 Å². The summed E-state index contributed by atoms with van der Waals surface area (Å²) in [6.07, 6.45) is 0.252. The van der Waals surface area contributed by atoms with Crippen LogP contribution < -0.4 is 10.1 Å². The first-order chi connectivity index (χ1) is 13.9. The van der Waals surface area contributed by atoms with Crippen LogP contribution >= 0.6 is 11.3 Å². The molecule has 5 nitrogen and oxygen atoms in total. The van der Waals surface area contributed by atoms with Gasteiger partial charge >= 0.3 is 0 Å². The number of amides is 1. The molecule has 29 heavy (non-hydrogen) atoms. The van der Waals surface area contributed by atoms with Gasteiger partial charge in [0.25, 0.3) is 0 Å². The number of para-hydroxylation sites is 1. The second-order valence-electron chi connectivity index (χ2n) is 6.93. The number of fused-ring (bicyclic) bond motifs is 1. The second kappa shape index (κ2) is 7.65. The number of carbonyl (C=O) groups is 1. The van der Waals surface area contributed by atoms with Crippen LogP contribution in [-0.4, -0.2) is 20.9 Å². The van der Waals surface area contributed by atoms with Gasteiger partial charge in [-0.3, -0.25) is 4.79 Å². The summed E-state index contributed by atoms with van der Waals surface area (Å²) >= 11 is 1.36. The maximum atomic E-state index is 13.3. The second-order valence-corrected chi connectivity index (χ2v) is 9.76. The lowest BCUT2D eigenvalue weighted by Gasteiger charge is -2.25. The highest BCUT2D eigenvalue weighted by atomic mass is 32.2. The fourth-order valence-electron chi connectivity index (χ4n) is 3.62. The molecule has 1 aliphatic rings. The van der Waals surface area contributed by atoms with Gasteiger partial charge in [0.05, 0.1) is 17.2 Å². The van der Waals surface area contributed by atoms with E-state index in [2.05, 4.69) is 5.32 Å². The van der Waals surface area contributed by atoms with Crippen LogP contribution in [0, 0.1) is 6.92 Å². The van der Waals surface area contributed by atoms with Crippen molar-refractivity contribution < 1.29 is 17.9 Å². The quantitative estimate of drug-likeness (QED) is 0.637. The van der Waals surface area contributed by atoms with Crippen LogP contribution in [0.2, 0.25) is 0 Å². The minimum Gasteiger partial charge on any atom is -0.494 e. The van der Waals surface area contributed by atoms with E-state index in [4.69, 9.17) is 4.74 Å². The van der Waals surface area contributed by atoms with Gasteiger partial charge < -0.3 is 10.1 Å². The Bertz CT molecular complexity index is 1180. The summed E-state index contributed by atoms with van der Waals surface area (Å²) < 4.78 is 32.3. The monoisotopic (exact) mass is 427 g/mol. The predicted octanol–water partition coefficient (Wildman–Crippen LogP) is 4.76. The van der Waals surface area contributed by atoms with E-state index in [0.29, 0.717) is 12.3 Å². The van der Waals surface area contributed by atoms with Crippen molar-refractivity contribution >= 4 is 32.8 Å². The van der Waals surface area contributed by atoms with E-state index in [9.17, 15) is 13.2 Å². The molecule has 0 aliphatic carbocycles. The molecule has 0 saturated carbocycles. The number of sulfone groups is 1. The van der Waals surface area contributed by atoms with Gasteiger partial charge in [-0.2, -0.15) is 0 Å². The summed E-state index contributed by atoms with van der Waals surface area (Å²) in [5.41, 5.74) is 2.15. The third-order valence-corrected chi connectivity index (χ3v) is 7.96. The van der Waals surface area contributed by atoms with Crippen LogP contribution in [-0.2, 0) is 14.6 Å². The van der Waals surface area contributed by atoms with Gasteiger partial charge in [-0.15, -0.1) is 11.3 Å². The number of hydrogen-bond donors (Lipinski definition) is 1. The van der Waals surface area contributed by atoms with Crippen LogP contribution in [0.3, 0.4) is 0 Å². The highest BCUT2D eigenvalue weighted by Crippen LogP contribution is 2.47. The molecule has 7 heteroatoms. The van der Waals surface area contributed by atoms with Gasteiger partial charge in [0, 0.05) is 28.2 Å². The molecular formula is C22H21NO4S2. The van der Waals surface area contributed by atoms with Gasteiger partial charge in [-0.25, -0.2) is 8.42 Å². The predicted molar refractivity (Wildman–Crippen MR) is 114 cm³/mol. The van der Waals surface area contributed by atoms with Crippen molar-refractivity contribution in [2.24, 2.45) is 0 Å². The number of ether oxygens (including phenoxy) is 1. The lowest BCUT2D eigenvalue weighted by molar-refractivity contribution is -0.116. The van der Waals surface area contributed by atoms with Crippen molar-refractivity contribution in [3.63, 3.8) is 0 Å². The summed E-state index contributed by atoms with van der Waals surface area (Å²) in [5.74, 6) is 0.276. The Balaban J connectivity index is 1.84. The number of thiophene rings is 1. The maximum absolute atomic E-state index is 13.3. The molecule has 2 heterocycles. The van der Waals surface area contributed by atoms with Crippen LogP contribution in [0.4, 0.5) is 5.69 Å². The topological polar surface area (TPSA) is 72.5 Å². The maximum Gasteiger partial charge on any atom is 0.225 e. The third-order valence-electron chi connectivity index (χ3n) is 4.94. The average molecular weight is 428 g/mol. The van der Waals surface area contributed by atoms with E-state index < -0.39 is 9.84 Å². The Morgan fingerprint density at radius 3 is 2.72 bits per heavy atom. The Labute approximate surface area is 174 Å². The summed E-state index contributed by atoms with van der Waals surface area (Å²) in [6, 6.07) is 14.4. The van der Waals surface area contributed by atoms with Crippen molar-refractivity contribution in [3.8, 4) is 5.75 Å². The highest BCUT2D eigenvalue weighted by Gasteiger charge is 2.35. The number of benzene rings is 2. The molecule has 0 saturated heterocycles. The smallest absolute Gasteiger partial charge is 0.225 e. The Kier molecular flexibility index (Phi) is 5.19. The minimum absolute atomic E-state index is 0.148. The molecule has 0 bridgehead atoms. The Morgan fingerprint density at radius 1 is 1.17 bits per heavy atom. The van der Waals surface area contributed by atoms with Gasteiger partial charge in [-0.1, -0.05) is 30.3 Å². The first-order valence-electron chi connectivity index (χ1n) is 9.36. The summed E-state index contributed by atoms with van der Waals surface area (Å²) in [6.45, 7) is 4.28. The molecule has 1 aliphatic heterocycles. The third kappa shape index (κ3) is 3.56. The van der Waals surface area contributed by atoms with E-state index in [-0.39, 0.29) is 28.0 Å². The van der Waals surface area contributed by atoms with Crippen molar-refractivity contribution in [2.45, 2.75) is 36.0 Å². The molecular weight excluding hydrogens is 406 g/mol. The van der Waals surface area contributed by atoms with Crippen LogP contribution in [0.5, 0.6) is 5.75 Å². The minimum atomic E-state index is -3.74. The molecule has 1 aromatic heterocycles. The van der Waals surface area contributed by atoms with E-state index in [1.54, 1.807) is 23.6 Å². The first kappa shape index (κ1) is 19.7. The number of hydrogen-bond acceptors (Lipinski definition) is 5. The summed E-state index contributed by atoms with van der Waals surface area (Å²) in [7, 11) is -3.74. The lowest BCUT2D eigenvalue weighted by atomic mass is 9.90. The SMILES string of the molecule is CCOc1ccccc1[C@@H]1CC(=O)Nc2c(S(=O)(=O)c3cccc(C)c3)csc21. The Hall–Kier alpha value is -2.64. The zero-order chi connectivity index (χ0) is 20.6. The number of carbonyl (C=O) groups excluding carboxylic acids is 1. The molecule has 0 spiro atoms. The van der Waals surface area contributed by atoms with Gasteiger partial charge in [0.1, 0.15) is 10.6 Å². The van der Waals surface area contributed by atoms with Gasteiger partial charge in [0.15, 0.2) is 0 Å². The standard InChI is InChI=1S/C22H21NO4S2/c1-3-27-18-10-5-4-9-16(18)17-12-20(24)23-21-19(13-28-22(17)21)29(25,26)15-8-6-7-14(2)11-15/h4-11,13,17H,3,12H2,1-2H3,(H,23,24)/t17-/m0/s1. The normalized spacial score (nSPS) is 16.2. The molecule has 4 rings (SSSR count). The summed E-state index contributed by atoms with van der Waals surface area (Å²) in [4.78, 5) is 13.7. The van der Waals surface area contributed by atoms with Gasteiger partial charge in [-0.05, 0) is 37.6 Å². The number of anilines is 1. The van der Waals surface area contributed by atoms with Crippen LogP contribution in [0.25, 0.3) is 0 Å². The number of rotatable bonds is 5. The van der Waals surface area contributed by atoms with Crippen molar-refractivity contribution in [1.29, 1.82) is 0 Å². The van der Waals surface area contributed by atoms with Crippen LogP contribution in [0.1, 0.15) is 35.3 Å². The van der Waals surface area contributed by atoms with E-state index >= 15 is 0 Å². The lowest BCUT2D eigenvalue weighted by Crippen LogP contribution is -2.23. The Morgan fingerprint density at radius 2 is 1.97 bits per heavy atom. The van der Waals surface area contributed by atoms with Crippen molar-refractivity contribution in [1.82, 2.24) is 0 Å². The molecule has 1 N–H and O–H groups in total. The molecule has 0 unspecified atom stereocenters. The van der Waals surface area contributed by atoms with Gasteiger partial charge in [0.2, 0.25) is 15.7 Å². The molecule has 0 fully saturated rings. The van der Waals surface area contributed by atoms with E-state index in [1.165, 1.54) is 11.3 Å². The fourth-order valence-corrected chi connectivity index (χ4v) is 6.62. The largest absolute Gasteiger partial charge is 0.494 e. The molecule has 150 valence electrons. The summed E-state index contributed by atoms with van der Waals surface area (Å²) in [5, 5.41) is 4.43. The first-order valence-corrected chi connectivity index (χ1v) is 11.7. The highest BCUT2D eigenvalue weighted by molar-refractivity contribution is 7.91. The average Bonchev–Trinajstić information content (AvgIpc) is 3.12. The fraction of sp³-hybridized carbons (Fsp3) is 0.227. The zero-order valence-corrected chi connectivity index (χ0v) is 17.8. The zero-order valence-electron chi connectivity index (χ0n) is 16.1. The van der Waals surface area contributed by atoms with E-state index in [1.807, 2.05) is 44.2 Å². The molecule has 3 aromatic rings. The number of nitrogens with one attached hydrogen (secondary N) is 1. The van der Waals surface area contributed by atoms with Crippen molar-refractivity contribution in [3.05, 3.63) is 69.9 Å². The molecule has 2 aromatic carbocycles. The van der Waals surface area contributed by atoms with Crippen LogP contribution in [0.15, 0.2) is 63.7 Å². The molecule has 1 amide bonds. The molecule has 1 atom stereocenters.